The van der Waals surface area contributed by atoms with Crippen LogP contribution in [0.4, 0.5) is 0 Å². The van der Waals surface area contributed by atoms with Gasteiger partial charge in [0.1, 0.15) is 0 Å². The molecule has 3 heteroatoms. The molecule has 1 heterocycles. The molecule has 0 bridgehead atoms. The predicted octanol–water partition coefficient (Wildman–Crippen LogP) is 2.31. The summed E-state index contributed by atoms with van der Waals surface area (Å²) >= 11 is 1.83. The lowest BCUT2D eigenvalue weighted by atomic mass is 10.1. The third-order valence-electron chi connectivity index (χ3n) is 2.33. The van der Waals surface area contributed by atoms with Crippen molar-refractivity contribution in [3.8, 4) is 0 Å². The minimum Gasteiger partial charge on any atom is -0.396 e. The van der Waals surface area contributed by atoms with Crippen molar-refractivity contribution in [1.82, 2.24) is 5.32 Å². The van der Waals surface area contributed by atoms with E-state index in [1.165, 1.54) is 9.75 Å². The lowest BCUT2D eigenvalue weighted by Gasteiger charge is -2.14. The average molecular weight is 213 g/mol. The van der Waals surface area contributed by atoms with Crippen LogP contribution in [0.2, 0.25) is 0 Å². The van der Waals surface area contributed by atoms with Crippen LogP contribution < -0.4 is 5.32 Å². The summed E-state index contributed by atoms with van der Waals surface area (Å²) in [5.74, 6) is 0. The Balaban J connectivity index is 2.31. The number of aliphatic hydroxyl groups excluding tert-OH is 1. The minimum atomic E-state index is 0.273. The zero-order valence-corrected chi connectivity index (χ0v) is 9.73. The Morgan fingerprint density at radius 2 is 2.29 bits per heavy atom. The second-order valence-electron chi connectivity index (χ2n) is 3.51. The number of aliphatic hydroxyl groups is 1. The van der Waals surface area contributed by atoms with Crippen molar-refractivity contribution in [2.45, 2.75) is 39.3 Å². The summed E-state index contributed by atoms with van der Waals surface area (Å²) < 4.78 is 0. The highest BCUT2D eigenvalue weighted by molar-refractivity contribution is 7.11. The van der Waals surface area contributed by atoms with E-state index in [0.717, 1.165) is 19.4 Å². The van der Waals surface area contributed by atoms with Crippen LogP contribution in [0, 0.1) is 6.92 Å². The molecule has 0 radical (unpaired) electrons. The number of aryl methyl sites for hydroxylation is 1. The van der Waals surface area contributed by atoms with Gasteiger partial charge in [0.05, 0.1) is 0 Å². The second kappa shape index (κ2) is 6.17. The Hall–Kier alpha value is -0.380. The SMILES string of the molecule is CCC(CCO)NCc1ccc(C)s1. The maximum Gasteiger partial charge on any atom is 0.0445 e. The van der Waals surface area contributed by atoms with E-state index >= 15 is 0 Å². The van der Waals surface area contributed by atoms with Gasteiger partial charge >= 0.3 is 0 Å². The lowest BCUT2D eigenvalue weighted by Crippen LogP contribution is -2.28. The molecule has 0 aromatic carbocycles. The molecule has 80 valence electrons. The second-order valence-corrected chi connectivity index (χ2v) is 4.88. The van der Waals surface area contributed by atoms with Gasteiger partial charge in [-0.05, 0) is 31.9 Å². The van der Waals surface area contributed by atoms with E-state index in [-0.39, 0.29) is 6.61 Å². The standard InChI is InChI=1S/C11H19NOS/c1-3-10(6-7-13)12-8-11-5-4-9(2)14-11/h4-5,10,12-13H,3,6-8H2,1-2H3. The number of hydrogen-bond donors (Lipinski definition) is 2. The van der Waals surface area contributed by atoms with Crippen LogP contribution in [0.1, 0.15) is 29.5 Å². The van der Waals surface area contributed by atoms with Gasteiger partial charge in [0.25, 0.3) is 0 Å². The average Bonchev–Trinajstić information content (AvgIpc) is 2.59. The van der Waals surface area contributed by atoms with Crippen LogP contribution in [0.5, 0.6) is 0 Å². The van der Waals surface area contributed by atoms with Crippen molar-refractivity contribution in [3.05, 3.63) is 21.9 Å². The van der Waals surface area contributed by atoms with Gasteiger partial charge in [0, 0.05) is 28.9 Å². The first kappa shape index (κ1) is 11.7. The predicted molar refractivity (Wildman–Crippen MR) is 61.7 cm³/mol. The minimum absolute atomic E-state index is 0.273. The molecule has 0 fully saturated rings. The molecule has 1 aromatic rings. The molecule has 1 unspecified atom stereocenters. The van der Waals surface area contributed by atoms with E-state index in [4.69, 9.17) is 5.11 Å². The lowest BCUT2D eigenvalue weighted by molar-refractivity contribution is 0.262. The largest absolute Gasteiger partial charge is 0.396 e. The van der Waals surface area contributed by atoms with Gasteiger partial charge in [-0.2, -0.15) is 0 Å². The Labute approximate surface area is 90.0 Å². The molecule has 2 nitrogen and oxygen atoms in total. The van der Waals surface area contributed by atoms with E-state index < -0.39 is 0 Å². The van der Waals surface area contributed by atoms with E-state index in [9.17, 15) is 0 Å². The van der Waals surface area contributed by atoms with E-state index in [0.29, 0.717) is 6.04 Å². The maximum absolute atomic E-state index is 8.83. The van der Waals surface area contributed by atoms with Gasteiger partial charge < -0.3 is 10.4 Å². The van der Waals surface area contributed by atoms with Crippen LogP contribution in [0.3, 0.4) is 0 Å². The molecular weight excluding hydrogens is 194 g/mol. The van der Waals surface area contributed by atoms with Crippen LogP contribution in [-0.2, 0) is 6.54 Å². The molecule has 2 N–H and O–H groups in total. The Bertz CT molecular complexity index is 260. The summed E-state index contributed by atoms with van der Waals surface area (Å²) in [6.45, 7) is 5.47. The summed E-state index contributed by atoms with van der Waals surface area (Å²) in [7, 11) is 0. The van der Waals surface area contributed by atoms with Crippen molar-refractivity contribution >= 4 is 11.3 Å². The maximum atomic E-state index is 8.83. The highest BCUT2D eigenvalue weighted by Crippen LogP contribution is 2.15. The van der Waals surface area contributed by atoms with Crippen molar-refractivity contribution in [2.75, 3.05) is 6.61 Å². The Morgan fingerprint density at radius 3 is 2.79 bits per heavy atom. The zero-order chi connectivity index (χ0) is 10.4. The quantitative estimate of drug-likeness (QED) is 0.760. The van der Waals surface area contributed by atoms with Crippen molar-refractivity contribution < 1.29 is 5.11 Å². The Kier molecular flexibility index (Phi) is 5.15. The van der Waals surface area contributed by atoms with Crippen LogP contribution in [0.25, 0.3) is 0 Å². The van der Waals surface area contributed by atoms with E-state index in [1.807, 2.05) is 11.3 Å². The fourth-order valence-corrected chi connectivity index (χ4v) is 2.27. The summed E-state index contributed by atoms with van der Waals surface area (Å²) in [6, 6.07) is 4.76. The third kappa shape index (κ3) is 3.78. The van der Waals surface area contributed by atoms with Gasteiger partial charge in [0.2, 0.25) is 0 Å². The van der Waals surface area contributed by atoms with Crippen LogP contribution >= 0.6 is 11.3 Å². The first-order chi connectivity index (χ1) is 6.76. The molecule has 0 amide bonds. The normalized spacial score (nSPS) is 13.1. The fourth-order valence-electron chi connectivity index (χ4n) is 1.43. The highest BCUT2D eigenvalue weighted by atomic mass is 32.1. The molecular formula is C11H19NOS. The fraction of sp³-hybridized carbons (Fsp3) is 0.636. The van der Waals surface area contributed by atoms with E-state index in [2.05, 4.69) is 31.3 Å². The summed E-state index contributed by atoms with van der Waals surface area (Å²) in [5.41, 5.74) is 0. The zero-order valence-electron chi connectivity index (χ0n) is 8.92. The van der Waals surface area contributed by atoms with Gasteiger partial charge in [-0.1, -0.05) is 6.92 Å². The van der Waals surface area contributed by atoms with Crippen molar-refractivity contribution in [2.24, 2.45) is 0 Å². The van der Waals surface area contributed by atoms with E-state index in [1.54, 1.807) is 0 Å². The molecule has 0 aliphatic heterocycles. The van der Waals surface area contributed by atoms with Crippen molar-refractivity contribution in [1.29, 1.82) is 0 Å². The highest BCUT2D eigenvalue weighted by Gasteiger charge is 2.04. The van der Waals surface area contributed by atoms with Crippen molar-refractivity contribution in [3.63, 3.8) is 0 Å². The van der Waals surface area contributed by atoms with Crippen LogP contribution in [-0.4, -0.2) is 17.8 Å². The molecule has 0 saturated heterocycles. The molecule has 1 rings (SSSR count). The monoisotopic (exact) mass is 213 g/mol. The topological polar surface area (TPSA) is 32.3 Å². The summed E-state index contributed by atoms with van der Waals surface area (Å²) in [5, 5.41) is 12.3. The third-order valence-corrected chi connectivity index (χ3v) is 3.33. The first-order valence-corrected chi connectivity index (χ1v) is 5.97. The summed E-state index contributed by atoms with van der Waals surface area (Å²) in [4.78, 5) is 2.73. The smallest absolute Gasteiger partial charge is 0.0445 e. The molecule has 0 spiro atoms. The molecule has 0 aliphatic rings. The molecule has 1 atom stereocenters. The van der Waals surface area contributed by atoms with Gasteiger partial charge in [0.15, 0.2) is 0 Å². The molecule has 1 aromatic heterocycles. The van der Waals surface area contributed by atoms with Crippen LogP contribution in [0.15, 0.2) is 12.1 Å². The number of rotatable bonds is 6. The number of nitrogens with one attached hydrogen (secondary N) is 1. The molecule has 0 saturated carbocycles. The first-order valence-electron chi connectivity index (χ1n) is 5.15. The number of thiophene rings is 1. The number of hydrogen-bond acceptors (Lipinski definition) is 3. The van der Waals surface area contributed by atoms with Gasteiger partial charge in [-0.25, -0.2) is 0 Å². The molecule has 14 heavy (non-hydrogen) atoms. The van der Waals surface area contributed by atoms with Gasteiger partial charge in [-0.3, -0.25) is 0 Å². The van der Waals surface area contributed by atoms with Gasteiger partial charge in [-0.15, -0.1) is 11.3 Å². The molecule has 0 aliphatic carbocycles. The Morgan fingerprint density at radius 1 is 1.50 bits per heavy atom. The summed E-state index contributed by atoms with van der Waals surface area (Å²) in [6.07, 6.45) is 1.92.